The Morgan fingerprint density at radius 3 is 2.83 bits per heavy atom. The van der Waals surface area contributed by atoms with Crippen LogP contribution in [0, 0.1) is 0 Å². The van der Waals surface area contributed by atoms with Crippen LogP contribution in [0.2, 0.25) is 0 Å². The van der Waals surface area contributed by atoms with Gasteiger partial charge in [-0.1, -0.05) is 0 Å². The van der Waals surface area contributed by atoms with Crippen molar-refractivity contribution in [2.45, 2.75) is 19.4 Å². The second-order valence-electron chi connectivity index (χ2n) is 5.53. The van der Waals surface area contributed by atoms with E-state index in [1.807, 2.05) is 36.1 Å². The molecule has 1 aromatic carbocycles. The molecule has 1 saturated heterocycles. The third-order valence-electron chi connectivity index (χ3n) is 3.85. The summed E-state index contributed by atoms with van der Waals surface area (Å²) in [6, 6.07) is 11.0. The van der Waals surface area contributed by atoms with Crippen LogP contribution in [0.4, 0.5) is 0 Å². The fraction of sp³-hybridized carbons (Fsp3) is 0.333. The lowest BCUT2D eigenvalue weighted by Crippen LogP contribution is -2.31. The Bertz CT molecular complexity index is 706. The van der Waals surface area contributed by atoms with E-state index in [9.17, 15) is 4.79 Å². The molecule has 2 heterocycles. The molecule has 0 spiro atoms. The monoisotopic (exact) mass is 390 g/mol. The number of pyridine rings is 1. The summed E-state index contributed by atoms with van der Waals surface area (Å²) in [5.41, 5.74) is 0.665. The summed E-state index contributed by atoms with van der Waals surface area (Å²) in [7, 11) is 0. The van der Waals surface area contributed by atoms with Gasteiger partial charge in [-0.25, -0.2) is 4.98 Å². The summed E-state index contributed by atoms with van der Waals surface area (Å²) >= 11 is 3.42. The Labute approximate surface area is 149 Å². The molecule has 1 fully saturated rings. The van der Waals surface area contributed by atoms with E-state index in [1.54, 1.807) is 18.3 Å². The molecule has 126 valence electrons. The van der Waals surface area contributed by atoms with Crippen LogP contribution in [-0.4, -0.2) is 41.6 Å². The second kappa shape index (κ2) is 7.66. The highest BCUT2D eigenvalue weighted by Crippen LogP contribution is 2.25. The molecule has 1 aliphatic rings. The minimum atomic E-state index is -0.0390. The first-order valence-corrected chi connectivity index (χ1v) is 8.76. The van der Waals surface area contributed by atoms with Gasteiger partial charge in [0.25, 0.3) is 5.91 Å². The van der Waals surface area contributed by atoms with Gasteiger partial charge in [0.15, 0.2) is 0 Å². The Hall–Kier alpha value is -2.08. The average Bonchev–Trinajstić information content (AvgIpc) is 3.06. The molecule has 0 saturated carbocycles. The van der Waals surface area contributed by atoms with Crippen molar-refractivity contribution in [2.75, 3.05) is 19.7 Å². The van der Waals surface area contributed by atoms with Gasteiger partial charge in [0.2, 0.25) is 5.88 Å². The molecule has 0 bridgehead atoms. The lowest BCUT2D eigenvalue weighted by Gasteiger charge is -2.17. The van der Waals surface area contributed by atoms with Crippen LogP contribution in [0.25, 0.3) is 0 Å². The minimum Gasteiger partial charge on any atom is -0.494 e. The molecule has 3 rings (SSSR count). The molecule has 5 nitrogen and oxygen atoms in total. The number of benzene rings is 1. The van der Waals surface area contributed by atoms with Gasteiger partial charge in [0.05, 0.1) is 17.6 Å². The van der Waals surface area contributed by atoms with E-state index in [0.717, 1.165) is 16.6 Å². The van der Waals surface area contributed by atoms with Crippen LogP contribution in [0.1, 0.15) is 23.7 Å². The number of ether oxygens (including phenoxy) is 2. The van der Waals surface area contributed by atoms with E-state index < -0.39 is 0 Å². The van der Waals surface area contributed by atoms with Crippen molar-refractivity contribution in [3.8, 4) is 11.6 Å². The fourth-order valence-corrected chi connectivity index (χ4v) is 3.02. The zero-order valence-electron chi connectivity index (χ0n) is 13.4. The van der Waals surface area contributed by atoms with Gasteiger partial charge < -0.3 is 14.4 Å². The summed E-state index contributed by atoms with van der Waals surface area (Å²) in [4.78, 5) is 18.6. The van der Waals surface area contributed by atoms with E-state index in [-0.39, 0.29) is 12.0 Å². The van der Waals surface area contributed by atoms with Gasteiger partial charge in [-0.05, 0) is 59.3 Å². The molecular weight excluding hydrogens is 372 g/mol. The highest BCUT2D eigenvalue weighted by molar-refractivity contribution is 9.10. The van der Waals surface area contributed by atoms with Crippen LogP contribution in [0.15, 0.2) is 47.1 Å². The summed E-state index contributed by atoms with van der Waals surface area (Å²) < 4.78 is 12.1. The molecule has 6 heteroatoms. The Kier molecular flexibility index (Phi) is 5.35. The topological polar surface area (TPSA) is 51.7 Å². The Balaban J connectivity index is 1.60. The molecule has 1 aliphatic heterocycles. The van der Waals surface area contributed by atoms with Crippen molar-refractivity contribution in [3.05, 3.63) is 52.6 Å². The smallest absolute Gasteiger partial charge is 0.253 e. The lowest BCUT2D eigenvalue weighted by atomic mass is 10.2. The van der Waals surface area contributed by atoms with E-state index in [2.05, 4.69) is 20.9 Å². The molecule has 24 heavy (non-hydrogen) atoms. The van der Waals surface area contributed by atoms with E-state index in [4.69, 9.17) is 9.47 Å². The van der Waals surface area contributed by atoms with Gasteiger partial charge in [-0.2, -0.15) is 0 Å². The molecule has 0 radical (unpaired) electrons. The van der Waals surface area contributed by atoms with Gasteiger partial charge in [0.1, 0.15) is 11.9 Å². The molecular formula is C18H19BrN2O3. The van der Waals surface area contributed by atoms with Crippen molar-refractivity contribution in [1.82, 2.24) is 9.88 Å². The maximum atomic E-state index is 12.6. The number of nitrogens with zero attached hydrogens (tertiary/aromatic N) is 2. The molecule has 0 N–H and O–H groups in total. The quantitative estimate of drug-likeness (QED) is 0.783. The number of hydrogen-bond acceptors (Lipinski definition) is 4. The molecule has 2 aromatic rings. The highest BCUT2D eigenvalue weighted by Gasteiger charge is 2.28. The average molecular weight is 391 g/mol. The number of carbonyl (C=O) groups excluding carboxylic acids is 1. The Morgan fingerprint density at radius 1 is 1.33 bits per heavy atom. The Morgan fingerprint density at radius 2 is 2.12 bits per heavy atom. The van der Waals surface area contributed by atoms with Crippen LogP contribution < -0.4 is 9.47 Å². The van der Waals surface area contributed by atoms with E-state index >= 15 is 0 Å². The molecule has 1 aromatic heterocycles. The van der Waals surface area contributed by atoms with Crippen LogP contribution >= 0.6 is 15.9 Å². The normalized spacial score (nSPS) is 16.9. The first-order chi connectivity index (χ1) is 11.7. The van der Waals surface area contributed by atoms with E-state index in [0.29, 0.717) is 31.1 Å². The van der Waals surface area contributed by atoms with Crippen LogP contribution in [-0.2, 0) is 0 Å². The van der Waals surface area contributed by atoms with Crippen molar-refractivity contribution in [2.24, 2.45) is 0 Å². The third-order valence-corrected chi connectivity index (χ3v) is 4.45. The van der Waals surface area contributed by atoms with Crippen molar-refractivity contribution in [3.63, 3.8) is 0 Å². The number of carbonyl (C=O) groups is 1. The van der Waals surface area contributed by atoms with Crippen molar-refractivity contribution >= 4 is 21.8 Å². The van der Waals surface area contributed by atoms with Crippen LogP contribution in [0.5, 0.6) is 11.6 Å². The van der Waals surface area contributed by atoms with Gasteiger partial charge in [-0.15, -0.1) is 0 Å². The third kappa shape index (κ3) is 3.87. The molecule has 1 amide bonds. The number of halogens is 1. The predicted molar refractivity (Wildman–Crippen MR) is 94.5 cm³/mol. The number of hydrogen-bond donors (Lipinski definition) is 0. The minimum absolute atomic E-state index is 0.0178. The number of aromatic nitrogens is 1. The fourth-order valence-electron chi connectivity index (χ4n) is 2.67. The molecule has 1 atom stereocenters. The summed E-state index contributed by atoms with van der Waals surface area (Å²) in [6.45, 7) is 3.79. The van der Waals surface area contributed by atoms with Crippen LogP contribution in [0.3, 0.4) is 0 Å². The number of rotatable bonds is 5. The standard InChI is InChI=1S/C18H19BrN2O3/c1-2-23-14-7-5-13(6-8-14)18(22)21-11-9-15(12-21)24-17-16(19)4-3-10-20-17/h3-8,10,15H,2,9,11-12H2,1H3. The largest absolute Gasteiger partial charge is 0.494 e. The highest BCUT2D eigenvalue weighted by atomic mass is 79.9. The van der Waals surface area contributed by atoms with Gasteiger partial charge >= 0.3 is 0 Å². The zero-order chi connectivity index (χ0) is 16.9. The first kappa shape index (κ1) is 16.8. The number of likely N-dealkylation sites (tertiary alicyclic amines) is 1. The SMILES string of the molecule is CCOc1ccc(C(=O)N2CCC(Oc3ncccc3Br)C2)cc1. The zero-order valence-corrected chi connectivity index (χ0v) is 15.0. The van der Waals surface area contributed by atoms with Crippen molar-refractivity contribution in [1.29, 1.82) is 0 Å². The molecule has 0 aliphatic carbocycles. The first-order valence-electron chi connectivity index (χ1n) is 7.96. The predicted octanol–water partition coefficient (Wildman–Crippen LogP) is 3.54. The van der Waals surface area contributed by atoms with Crippen molar-refractivity contribution < 1.29 is 14.3 Å². The van der Waals surface area contributed by atoms with E-state index in [1.165, 1.54) is 0 Å². The number of amides is 1. The maximum absolute atomic E-state index is 12.6. The van der Waals surface area contributed by atoms with Gasteiger partial charge in [-0.3, -0.25) is 4.79 Å². The summed E-state index contributed by atoms with van der Waals surface area (Å²) in [6.07, 6.45) is 2.45. The van der Waals surface area contributed by atoms with Gasteiger partial charge in [0, 0.05) is 24.7 Å². The molecule has 1 unspecified atom stereocenters. The summed E-state index contributed by atoms with van der Waals surface area (Å²) in [5.74, 6) is 1.36. The maximum Gasteiger partial charge on any atom is 0.253 e. The second-order valence-corrected chi connectivity index (χ2v) is 6.38. The summed E-state index contributed by atoms with van der Waals surface area (Å²) in [5, 5.41) is 0. The lowest BCUT2D eigenvalue weighted by molar-refractivity contribution is 0.0771.